The third-order valence-electron chi connectivity index (χ3n) is 2.20. The van der Waals surface area contributed by atoms with Gasteiger partial charge in [-0.2, -0.15) is 0 Å². The molecule has 0 saturated heterocycles. The standard InChI is InChI=1S/C10H4BrNO6/c11-5-1-4-2-6(9(13)14)10(15)18-8(4)7(3-5)12(16)17/h1-3H,(H,13,14). The summed E-state index contributed by atoms with van der Waals surface area (Å²) in [6.45, 7) is 0. The van der Waals surface area contributed by atoms with Gasteiger partial charge in [-0.3, -0.25) is 10.1 Å². The number of non-ortho nitro benzene ring substituents is 1. The summed E-state index contributed by atoms with van der Waals surface area (Å²) in [4.78, 5) is 32.2. The number of nitro groups is 1. The minimum atomic E-state index is -1.45. The Bertz CT molecular complexity index is 735. The Morgan fingerprint density at radius 2 is 2.06 bits per heavy atom. The predicted molar refractivity (Wildman–Crippen MR) is 63.8 cm³/mol. The number of aromatic carboxylic acids is 1. The summed E-state index contributed by atoms with van der Waals surface area (Å²) in [5.41, 5.74) is -2.36. The van der Waals surface area contributed by atoms with Gasteiger partial charge in [0.15, 0.2) is 0 Å². The molecule has 2 aromatic rings. The van der Waals surface area contributed by atoms with Crippen LogP contribution in [0.15, 0.2) is 31.9 Å². The molecule has 0 atom stereocenters. The van der Waals surface area contributed by atoms with E-state index in [4.69, 9.17) is 9.52 Å². The summed E-state index contributed by atoms with van der Waals surface area (Å²) in [5, 5.41) is 19.7. The molecule has 0 fully saturated rings. The van der Waals surface area contributed by atoms with Crippen LogP contribution in [0.4, 0.5) is 5.69 Å². The van der Waals surface area contributed by atoms with Crippen molar-refractivity contribution in [3.05, 3.63) is 48.8 Å². The molecule has 0 aliphatic carbocycles. The number of benzene rings is 1. The zero-order chi connectivity index (χ0) is 13.4. The third-order valence-corrected chi connectivity index (χ3v) is 2.66. The normalized spacial score (nSPS) is 10.5. The second-order valence-electron chi connectivity index (χ2n) is 3.35. The Kier molecular flexibility index (Phi) is 2.87. The Labute approximate surface area is 107 Å². The van der Waals surface area contributed by atoms with Crippen LogP contribution in [0, 0.1) is 10.1 Å². The second kappa shape index (κ2) is 4.22. The maximum absolute atomic E-state index is 11.4. The average Bonchev–Trinajstić information content (AvgIpc) is 2.27. The molecular weight excluding hydrogens is 310 g/mol. The van der Waals surface area contributed by atoms with E-state index in [2.05, 4.69) is 15.9 Å². The first-order chi connectivity index (χ1) is 8.40. The fourth-order valence-corrected chi connectivity index (χ4v) is 1.93. The van der Waals surface area contributed by atoms with E-state index in [0.717, 1.165) is 6.07 Å². The molecule has 0 unspecified atom stereocenters. The van der Waals surface area contributed by atoms with Gasteiger partial charge in [0.25, 0.3) is 0 Å². The van der Waals surface area contributed by atoms with E-state index < -0.39 is 27.8 Å². The van der Waals surface area contributed by atoms with E-state index in [1.54, 1.807) is 0 Å². The van der Waals surface area contributed by atoms with Crippen molar-refractivity contribution in [2.45, 2.75) is 0 Å². The van der Waals surface area contributed by atoms with Crippen molar-refractivity contribution < 1.29 is 19.2 Å². The van der Waals surface area contributed by atoms with Gasteiger partial charge in [0, 0.05) is 15.9 Å². The molecule has 0 saturated carbocycles. The van der Waals surface area contributed by atoms with Crippen molar-refractivity contribution in [1.29, 1.82) is 0 Å². The zero-order valence-corrected chi connectivity index (χ0v) is 10.1. The van der Waals surface area contributed by atoms with E-state index in [0.29, 0.717) is 4.47 Å². The highest BCUT2D eigenvalue weighted by Gasteiger charge is 2.20. The molecule has 0 bridgehead atoms. The van der Waals surface area contributed by atoms with Crippen molar-refractivity contribution in [3.8, 4) is 0 Å². The quantitative estimate of drug-likeness (QED) is 0.516. The number of nitro benzene ring substituents is 1. The Morgan fingerprint density at radius 3 is 2.61 bits per heavy atom. The van der Waals surface area contributed by atoms with Gasteiger partial charge >= 0.3 is 17.3 Å². The Balaban J connectivity index is 2.92. The van der Waals surface area contributed by atoms with Crippen LogP contribution in [-0.2, 0) is 0 Å². The lowest BCUT2D eigenvalue weighted by molar-refractivity contribution is -0.383. The minimum Gasteiger partial charge on any atom is -0.477 e. The highest BCUT2D eigenvalue weighted by molar-refractivity contribution is 9.10. The van der Waals surface area contributed by atoms with Crippen molar-refractivity contribution in [2.75, 3.05) is 0 Å². The summed E-state index contributed by atoms with van der Waals surface area (Å²) in [6.07, 6.45) is 0. The highest BCUT2D eigenvalue weighted by atomic mass is 79.9. The van der Waals surface area contributed by atoms with Crippen molar-refractivity contribution in [3.63, 3.8) is 0 Å². The van der Waals surface area contributed by atoms with Gasteiger partial charge in [0.05, 0.1) is 4.92 Å². The summed E-state index contributed by atoms with van der Waals surface area (Å²) < 4.78 is 5.08. The topological polar surface area (TPSA) is 111 Å². The molecule has 1 heterocycles. The van der Waals surface area contributed by atoms with Crippen molar-refractivity contribution in [2.24, 2.45) is 0 Å². The van der Waals surface area contributed by atoms with Crippen LogP contribution in [0.1, 0.15) is 10.4 Å². The van der Waals surface area contributed by atoms with Crippen LogP contribution < -0.4 is 5.63 Å². The van der Waals surface area contributed by atoms with Crippen molar-refractivity contribution in [1.82, 2.24) is 0 Å². The van der Waals surface area contributed by atoms with Gasteiger partial charge in [-0.25, -0.2) is 9.59 Å². The molecule has 92 valence electrons. The van der Waals surface area contributed by atoms with Gasteiger partial charge in [-0.15, -0.1) is 0 Å². The second-order valence-corrected chi connectivity index (χ2v) is 4.27. The minimum absolute atomic E-state index is 0.160. The molecule has 1 aromatic carbocycles. The lowest BCUT2D eigenvalue weighted by Crippen LogP contribution is -2.13. The third kappa shape index (κ3) is 1.97. The predicted octanol–water partition coefficient (Wildman–Crippen LogP) is 2.16. The van der Waals surface area contributed by atoms with Crippen LogP contribution in [-0.4, -0.2) is 16.0 Å². The Hall–Kier alpha value is -2.22. The van der Waals surface area contributed by atoms with Crippen LogP contribution in [0.25, 0.3) is 11.0 Å². The summed E-state index contributed by atoms with van der Waals surface area (Å²) in [6, 6.07) is 3.64. The average molecular weight is 314 g/mol. The first kappa shape index (κ1) is 12.2. The molecule has 0 spiro atoms. The lowest BCUT2D eigenvalue weighted by atomic mass is 10.1. The van der Waals surface area contributed by atoms with Crippen molar-refractivity contribution >= 4 is 38.6 Å². The molecule has 8 heteroatoms. The van der Waals surface area contributed by atoms with E-state index >= 15 is 0 Å². The highest BCUT2D eigenvalue weighted by Crippen LogP contribution is 2.29. The van der Waals surface area contributed by atoms with Gasteiger partial charge in [-0.05, 0) is 12.1 Å². The van der Waals surface area contributed by atoms with E-state index in [1.807, 2.05) is 0 Å². The molecular formula is C10H4BrNO6. The molecule has 1 aromatic heterocycles. The monoisotopic (exact) mass is 313 g/mol. The van der Waals surface area contributed by atoms with Crippen LogP contribution in [0.2, 0.25) is 0 Å². The molecule has 18 heavy (non-hydrogen) atoms. The van der Waals surface area contributed by atoms with Crippen LogP contribution in [0.3, 0.4) is 0 Å². The summed E-state index contributed by atoms with van der Waals surface area (Å²) in [7, 11) is 0. The maximum atomic E-state index is 11.4. The fraction of sp³-hybridized carbons (Fsp3) is 0. The van der Waals surface area contributed by atoms with Crippen LogP contribution >= 0.6 is 15.9 Å². The number of hydrogen-bond donors (Lipinski definition) is 1. The number of fused-ring (bicyclic) bond motifs is 1. The lowest BCUT2D eigenvalue weighted by Gasteiger charge is -2.00. The zero-order valence-electron chi connectivity index (χ0n) is 8.55. The number of carbonyl (C=O) groups is 1. The SMILES string of the molecule is O=C(O)c1cc2cc(Br)cc([N+](=O)[O-])c2oc1=O. The van der Waals surface area contributed by atoms with Gasteiger partial charge in [0.1, 0.15) is 5.56 Å². The largest absolute Gasteiger partial charge is 0.477 e. The number of hydrogen-bond acceptors (Lipinski definition) is 5. The smallest absolute Gasteiger partial charge is 0.351 e. The molecule has 0 aliphatic heterocycles. The number of carboxylic acid groups (broad SMARTS) is 1. The first-order valence-electron chi connectivity index (χ1n) is 4.55. The molecule has 2 rings (SSSR count). The fourth-order valence-electron chi connectivity index (χ4n) is 1.46. The molecule has 0 radical (unpaired) electrons. The van der Waals surface area contributed by atoms with E-state index in [9.17, 15) is 19.7 Å². The number of carboxylic acids is 1. The molecule has 0 aliphatic rings. The van der Waals surface area contributed by atoms with E-state index in [1.165, 1.54) is 12.1 Å². The maximum Gasteiger partial charge on any atom is 0.351 e. The van der Waals surface area contributed by atoms with Gasteiger partial charge in [0.2, 0.25) is 5.58 Å². The Morgan fingerprint density at radius 1 is 1.39 bits per heavy atom. The molecule has 7 nitrogen and oxygen atoms in total. The van der Waals surface area contributed by atoms with Gasteiger partial charge < -0.3 is 9.52 Å². The number of halogens is 1. The molecule has 0 amide bonds. The summed E-state index contributed by atoms with van der Waals surface area (Å²) in [5.74, 6) is -1.45. The van der Waals surface area contributed by atoms with Gasteiger partial charge in [-0.1, -0.05) is 15.9 Å². The first-order valence-corrected chi connectivity index (χ1v) is 5.34. The number of rotatable bonds is 2. The van der Waals surface area contributed by atoms with Crippen LogP contribution in [0.5, 0.6) is 0 Å². The summed E-state index contributed by atoms with van der Waals surface area (Å²) >= 11 is 3.06. The van der Waals surface area contributed by atoms with E-state index in [-0.39, 0.29) is 11.0 Å². The molecule has 1 N–H and O–H groups in total. The number of nitrogens with zero attached hydrogens (tertiary/aromatic N) is 1.